The fourth-order valence-corrected chi connectivity index (χ4v) is 1.31. The van der Waals surface area contributed by atoms with Crippen LogP contribution < -0.4 is 0 Å². The summed E-state index contributed by atoms with van der Waals surface area (Å²) >= 11 is 0. The summed E-state index contributed by atoms with van der Waals surface area (Å²) in [6, 6.07) is 2.09. The van der Waals surface area contributed by atoms with Gasteiger partial charge in [-0.15, -0.1) is 0 Å². The van der Waals surface area contributed by atoms with Crippen LogP contribution in [0.4, 0.5) is 0 Å². The third kappa shape index (κ3) is 8.10. The van der Waals surface area contributed by atoms with Gasteiger partial charge in [-0.2, -0.15) is 5.26 Å². The minimum absolute atomic E-state index is 0.242. The number of ether oxygens (including phenoxy) is 1. The van der Waals surface area contributed by atoms with Crippen molar-refractivity contribution < 1.29 is 9.53 Å². The Labute approximate surface area is 91.8 Å². The standard InChI is InChI=1S/C11H20N2O2/c1-3-5-11(14)10-13(7-4-6-12)8-9-15-2/h3-5,7-10H2,1-2H3. The first-order valence-electron chi connectivity index (χ1n) is 5.34. The molecule has 0 unspecified atom stereocenters. The predicted octanol–water partition coefficient (Wildman–Crippen LogP) is 1.22. The summed E-state index contributed by atoms with van der Waals surface area (Å²) in [6.07, 6.45) is 1.97. The summed E-state index contributed by atoms with van der Waals surface area (Å²) in [5, 5.41) is 8.49. The topological polar surface area (TPSA) is 53.3 Å². The number of nitriles is 1. The fourth-order valence-electron chi connectivity index (χ4n) is 1.31. The van der Waals surface area contributed by atoms with Crippen LogP contribution in [-0.2, 0) is 9.53 Å². The van der Waals surface area contributed by atoms with Crippen LogP contribution in [0.5, 0.6) is 0 Å². The molecule has 4 heteroatoms. The summed E-state index contributed by atoms with van der Waals surface area (Å²) < 4.78 is 4.96. The molecule has 0 aliphatic rings. The molecule has 0 aliphatic heterocycles. The van der Waals surface area contributed by atoms with E-state index in [1.807, 2.05) is 11.8 Å². The van der Waals surface area contributed by atoms with Gasteiger partial charge >= 0.3 is 0 Å². The van der Waals surface area contributed by atoms with E-state index < -0.39 is 0 Å². The highest BCUT2D eigenvalue weighted by Gasteiger charge is 2.09. The summed E-state index contributed by atoms with van der Waals surface area (Å²) in [5.41, 5.74) is 0. The fraction of sp³-hybridized carbons (Fsp3) is 0.818. The molecule has 0 aromatic rings. The molecule has 0 radical (unpaired) electrons. The highest BCUT2D eigenvalue weighted by Crippen LogP contribution is 1.96. The number of rotatable bonds is 9. The summed E-state index contributed by atoms with van der Waals surface area (Å²) in [6.45, 7) is 4.40. The average Bonchev–Trinajstić information content (AvgIpc) is 2.22. The molecule has 0 rings (SSSR count). The molecule has 0 aromatic heterocycles. The lowest BCUT2D eigenvalue weighted by Gasteiger charge is -2.19. The van der Waals surface area contributed by atoms with Crippen molar-refractivity contribution in [1.29, 1.82) is 5.26 Å². The SMILES string of the molecule is CCCC(=O)CN(CCC#N)CCOC. The molecule has 0 aromatic carbocycles. The first-order valence-corrected chi connectivity index (χ1v) is 5.34. The van der Waals surface area contributed by atoms with E-state index in [1.54, 1.807) is 7.11 Å². The zero-order chi connectivity index (χ0) is 11.5. The Bertz CT molecular complexity index is 211. The maximum atomic E-state index is 11.4. The van der Waals surface area contributed by atoms with Crippen LogP contribution >= 0.6 is 0 Å². The number of carbonyl (C=O) groups is 1. The average molecular weight is 212 g/mol. The van der Waals surface area contributed by atoms with Crippen molar-refractivity contribution >= 4 is 5.78 Å². The maximum absolute atomic E-state index is 11.4. The van der Waals surface area contributed by atoms with Gasteiger partial charge in [0.1, 0.15) is 5.78 Å². The summed E-state index contributed by atoms with van der Waals surface area (Å²) in [4.78, 5) is 13.4. The number of Topliss-reactive ketones (excluding diaryl/α,β-unsaturated/α-hetero) is 1. The van der Waals surface area contributed by atoms with Crippen LogP contribution in [0.2, 0.25) is 0 Å². The molecule has 0 spiro atoms. The molecule has 0 fully saturated rings. The lowest BCUT2D eigenvalue weighted by Crippen LogP contribution is -2.33. The quantitative estimate of drug-likeness (QED) is 0.576. The van der Waals surface area contributed by atoms with Crippen molar-refractivity contribution in [2.45, 2.75) is 26.2 Å². The summed E-state index contributed by atoms with van der Waals surface area (Å²) in [5.74, 6) is 0.242. The van der Waals surface area contributed by atoms with E-state index in [0.717, 1.165) is 6.42 Å². The van der Waals surface area contributed by atoms with E-state index in [4.69, 9.17) is 10.00 Å². The largest absolute Gasteiger partial charge is 0.383 e. The number of hydrogen-bond acceptors (Lipinski definition) is 4. The van der Waals surface area contributed by atoms with E-state index in [9.17, 15) is 4.79 Å². The van der Waals surface area contributed by atoms with Gasteiger partial charge in [0, 0.05) is 33.0 Å². The van der Waals surface area contributed by atoms with Gasteiger partial charge in [0.15, 0.2) is 0 Å². The Morgan fingerprint density at radius 1 is 1.47 bits per heavy atom. The number of nitrogens with zero attached hydrogens (tertiary/aromatic N) is 2. The van der Waals surface area contributed by atoms with E-state index in [2.05, 4.69) is 6.07 Å². The van der Waals surface area contributed by atoms with Crippen LogP contribution in [0.1, 0.15) is 26.2 Å². The van der Waals surface area contributed by atoms with Crippen molar-refractivity contribution in [2.24, 2.45) is 0 Å². The van der Waals surface area contributed by atoms with Gasteiger partial charge in [-0.25, -0.2) is 0 Å². The first-order chi connectivity index (χ1) is 7.24. The lowest BCUT2D eigenvalue weighted by molar-refractivity contribution is -0.120. The molecule has 0 amide bonds. The molecule has 86 valence electrons. The Kier molecular flexibility index (Phi) is 9.04. The van der Waals surface area contributed by atoms with Gasteiger partial charge in [-0.3, -0.25) is 9.69 Å². The van der Waals surface area contributed by atoms with E-state index in [0.29, 0.717) is 39.1 Å². The summed E-state index contributed by atoms with van der Waals surface area (Å²) in [7, 11) is 1.64. The van der Waals surface area contributed by atoms with Gasteiger partial charge in [0.05, 0.1) is 19.2 Å². The molecule has 0 bridgehead atoms. The van der Waals surface area contributed by atoms with Gasteiger partial charge in [0.25, 0.3) is 0 Å². The second kappa shape index (κ2) is 9.63. The molecule has 0 saturated heterocycles. The number of carbonyl (C=O) groups excluding carboxylic acids is 1. The van der Waals surface area contributed by atoms with Crippen molar-refractivity contribution in [1.82, 2.24) is 4.90 Å². The lowest BCUT2D eigenvalue weighted by atomic mass is 10.2. The van der Waals surface area contributed by atoms with Crippen molar-refractivity contribution in [2.75, 3.05) is 33.4 Å². The van der Waals surface area contributed by atoms with Crippen molar-refractivity contribution in [3.63, 3.8) is 0 Å². The molecule has 0 atom stereocenters. The van der Waals surface area contributed by atoms with E-state index >= 15 is 0 Å². The van der Waals surface area contributed by atoms with Crippen LogP contribution in [-0.4, -0.2) is 44.0 Å². The zero-order valence-electron chi connectivity index (χ0n) is 9.66. The third-order valence-electron chi connectivity index (χ3n) is 2.08. The van der Waals surface area contributed by atoms with Gasteiger partial charge in [-0.1, -0.05) is 6.92 Å². The smallest absolute Gasteiger partial charge is 0.146 e. The highest BCUT2D eigenvalue weighted by molar-refractivity contribution is 5.80. The van der Waals surface area contributed by atoms with Crippen LogP contribution in [0, 0.1) is 11.3 Å². The molecular formula is C11H20N2O2. The molecule has 0 aliphatic carbocycles. The molecule has 15 heavy (non-hydrogen) atoms. The number of hydrogen-bond donors (Lipinski definition) is 0. The van der Waals surface area contributed by atoms with Gasteiger partial charge in [-0.05, 0) is 6.42 Å². The second-order valence-electron chi connectivity index (χ2n) is 3.47. The van der Waals surface area contributed by atoms with Crippen LogP contribution in [0.15, 0.2) is 0 Å². The zero-order valence-corrected chi connectivity index (χ0v) is 9.66. The third-order valence-corrected chi connectivity index (χ3v) is 2.08. The first kappa shape index (κ1) is 14.1. The van der Waals surface area contributed by atoms with Gasteiger partial charge in [0.2, 0.25) is 0 Å². The van der Waals surface area contributed by atoms with E-state index in [1.165, 1.54) is 0 Å². The molecule has 0 heterocycles. The second-order valence-corrected chi connectivity index (χ2v) is 3.47. The highest BCUT2D eigenvalue weighted by atomic mass is 16.5. The van der Waals surface area contributed by atoms with Crippen LogP contribution in [0.25, 0.3) is 0 Å². The molecule has 4 nitrogen and oxygen atoms in total. The Morgan fingerprint density at radius 3 is 2.73 bits per heavy atom. The van der Waals surface area contributed by atoms with Crippen molar-refractivity contribution in [3.8, 4) is 6.07 Å². The van der Waals surface area contributed by atoms with E-state index in [-0.39, 0.29) is 5.78 Å². The normalized spacial score (nSPS) is 10.3. The van der Waals surface area contributed by atoms with Crippen LogP contribution in [0.3, 0.4) is 0 Å². The number of ketones is 1. The minimum atomic E-state index is 0.242. The van der Waals surface area contributed by atoms with Crippen molar-refractivity contribution in [3.05, 3.63) is 0 Å². The molecule has 0 saturated carbocycles. The minimum Gasteiger partial charge on any atom is -0.383 e. The maximum Gasteiger partial charge on any atom is 0.146 e. The predicted molar refractivity (Wildman–Crippen MR) is 58.5 cm³/mol. The Hall–Kier alpha value is -0.920. The Morgan fingerprint density at radius 2 is 2.20 bits per heavy atom. The number of methoxy groups -OCH3 is 1. The Balaban J connectivity index is 3.88. The monoisotopic (exact) mass is 212 g/mol. The van der Waals surface area contributed by atoms with Gasteiger partial charge < -0.3 is 4.74 Å². The molecule has 0 N–H and O–H groups in total. The molecular weight excluding hydrogens is 192 g/mol.